The summed E-state index contributed by atoms with van der Waals surface area (Å²) in [5.41, 5.74) is 1.04. The van der Waals surface area contributed by atoms with Crippen LogP contribution in [0.15, 0.2) is 59.6 Å². The first kappa shape index (κ1) is 19.5. The van der Waals surface area contributed by atoms with E-state index in [1.165, 1.54) is 17.8 Å². The number of nitrogens with one attached hydrogen (secondary N) is 1. The van der Waals surface area contributed by atoms with Crippen LogP contribution in [0.3, 0.4) is 0 Å². The summed E-state index contributed by atoms with van der Waals surface area (Å²) in [5.74, 6) is -0.0661. The van der Waals surface area contributed by atoms with Gasteiger partial charge in [-0.3, -0.25) is 4.79 Å². The molecule has 1 aliphatic rings. The Kier molecular flexibility index (Phi) is 5.65. The van der Waals surface area contributed by atoms with Gasteiger partial charge in [0.2, 0.25) is 0 Å². The molecular formula is C21H20F3NOS. The highest BCUT2D eigenvalue weighted by Crippen LogP contribution is 2.43. The van der Waals surface area contributed by atoms with Crippen LogP contribution in [0.25, 0.3) is 5.57 Å². The molecule has 27 heavy (non-hydrogen) atoms. The van der Waals surface area contributed by atoms with Gasteiger partial charge in [0, 0.05) is 7.05 Å². The monoisotopic (exact) mass is 391 g/mol. The Labute approximate surface area is 160 Å². The molecule has 2 unspecified atom stereocenters. The molecule has 0 aliphatic carbocycles. The maximum atomic E-state index is 13.1. The Morgan fingerprint density at radius 2 is 1.81 bits per heavy atom. The first-order valence-electron chi connectivity index (χ1n) is 8.65. The summed E-state index contributed by atoms with van der Waals surface area (Å²) >= 11 is 1.40. The highest BCUT2D eigenvalue weighted by molar-refractivity contribution is 8.05. The number of benzene rings is 2. The second-order valence-corrected chi connectivity index (χ2v) is 7.75. The molecule has 0 saturated heterocycles. The van der Waals surface area contributed by atoms with Crippen molar-refractivity contribution in [3.63, 3.8) is 0 Å². The minimum Gasteiger partial charge on any atom is -0.382 e. The van der Waals surface area contributed by atoms with Gasteiger partial charge < -0.3 is 5.32 Å². The lowest BCUT2D eigenvalue weighted by Gasteiger charge is -2.18. The van der Waals surface area contributed by atoms with E-state index < -0.39 is 11.7 Å². The molecule has 1 N–H and O–H groups in total. The first-order valence-corrected chi connectivity index (χ1v) is 9.53. The normalized spacial score (nSPS) is 18.7. The van der Waals surface area contributed by atoms with Crippen molar-refractivity contribution >= 4 is 23.1 Å². The summed E-state index contributed by atoms with van der Waals surface area (Å²) in [6.45, 7) is 2.00. The number of thioether (sulfide) groups is 1. The van der Waals surface area contributed by atoms with Crippen LogP contribution in [0.2, 0.25) is 0 Å². The van der Waals surface area contributed by atoms with Crippen LogP contribution in [-0.2, 0) is 17.4 Å². The summed E-state index contributed by atoms with van der Waals surface area (Å²) in [6.07, 6.45) is -3.71. The van der Waals surface area contributed by atoms with E-state index in [4.69, 9.17) is 0 Å². The average Bonchev–Trinajstić information content (AvgIpc) is 2.98. The predicted molar refractivity (Wildman–Crippen MR) is 103 cm³/mol. The Morgan fingerprint density at radius 1 is 1.11 bits per heavy atom. The van der Waals surface area contributed by atoms with Crippen LogP contribution < -0.4 is 5.32 Å². The average molecular weight is 391 g/mol. The fraction of sp³-hybridized carbons (Fsp3) is 0.286. The highest BCUT2D eigenvalue weighted by Gasteiger charge is 2.39. The van der Waals surface area contributed by atoms with E-state index in [1.807, 2.05) is 37.3 Å². The molecule has 2 nitrogen and oxygen atoms in total. The lowest BCUT2D eigenvalue weighted by Crippen LogP contribution is -2.23. The minimum absolute atomic E-state index is 0.0524. The second kappa shape index (κ2) is 7.80. The molecule has 6 heteroatoms. The van der Waals surface area contributed by atoms with Gasteiger partial charge in [0.05, 0.1) is 21.4 Å². The number of hydrogen-bond donors (Lipinski definition) is 1. The SMILES string of the molecule is CNC1=C(c2cccc(C(F)(F)F)c2)C(=O)C(C(C)Cc2ccccc2)S1. The molecule has 0 bridgehead atoms. The van der Waals surface area contributed by atoms with E-state index in [-0.39, 0.29) is 17.0 Å². The second-order valence-electron chi connectivity index (χ2n) is 6.60. The summed E-state index contributed by atoms with van der Waals surface area (Å²) in [5, 5.41) is 3.30. The van der Waals surface area contributed by atoms with Gasteiger partial charge in [-0.25, -0.2) is 0 Å². The number of allylic oxidation sites excluding steroid dienone is 1. The van der Waals surface area contributed by atoms with Crippen molar-refractivity contribution in [1.82, 2.24) is 5.32 Å². The standard InChI is InChI=1S/C21H20F3NOS/c1-13(11-14-7-4-3-5-8-14)19-18(26)17(20(25-2)27-19)15-9-6-10-16(12-15)21(22,23)24/h3-10,12-13,19,25H,11H2,1-2H3. The van der Waals surface area contributed by atoms with Gasteiger partial charge in [0.1, 0.15) is 0 Å². The molecule has 0 fully saturated rings. The van der Waals surface area contributed by atoms with E-state index in [1.54, 1.807) is 13.1 Å². The van der Waals surface area contributed by atoms with E-state index >= 15 is 0 Å². The Balaban J connectivity index is 1.87. The quantitative estimate of drug-likeness (QED) is 0.764. The summed E-state index contributed by atoms with van der Waals surface area (Å²) in [7, 11) is 1.69. The Bertz CT molecular complexity index is 861. The lowest BCUT2D eigenvalue weighted by atomic mass is 9.91. The zero-order chi connectivity index (χ0) is 19.6. The van der Waals surface area contributed by atoms with Crippen molar-refractivity contribution in [3.8, 4) is 0 Å². The molecule has 2 aromatic rings. The number of halogens is 3. The van der Waals surface area contributed by atoms with Gasteiger partial charge in [-0.1, -0.05) is 61.2 Å². The molecule has 142 valence electrons. The van der Waals surface area contributed by atoms with E-state index in [0.29, 0.717) is 16.2 Å². The van der Waals surface area contributed by atoms with E-state index in [9.17, 15) is 18.0 Å². The zero-order valence-corrected chi connectivity index (χ0v) is 15.8. The van der Waals surface area contributed by atoms with Crippen molar-refractivity contribution in [2.75, 3.05) is 7.05 Å². The summed E-state index contributed by atoms with van der Waals surface area (Å²) < 4.78 is 39.2. The van der Waals surface area contributed by atoms with Crippen molar-refractivity contribution in [3.05, 3.63) is 76.3 Å². The van der Waals surface area contributed by atoms with E-state index in [0.717, 1.165) is 24.1 Å². The van der Waals surface area contributed by atoms with Crippen molar-refractivity contribution in [2.45, 2.75) is 24.8 Å². The largest absolute Gasteiger partial charge is 0.416 e. The molecule has 0 aromatic heterocycles. The first-order chi connectivity index (χ1) is 12.8. The Morgan fingerprint density at radius 3 is 2.44 bits per heavy atom. The van der Waals surface area contributed by atoms with E-state index in [2.05, 4.69) is 5.32 Å². The molecular weight excluding hydrogens is 371 g/mol. The van der Waals surface area contributed by atoms with Gasteiger partial charge in [-0.05, 0) is 35.6 Å². The fourth-order valence-corrected chi connectivity index (χ4v) is 4.53. The predicted octanol–water partition coefficient (Wildman–Crippen LogP) is 5.16. The number of ketones is 1. The number of hydrogen-bond acceptors (Lipinski definition) is 3. The molecule has 0 saturated carbocycles. The maximum Gasteiger partial charge on any atom is 0.416 e. The number of rotatable bonds is 5. The van der Waals surface area contributed by atoms with Crippen LogP contribution in [0, 0.1) is 5.92 Å². The van der Waals surface area contributed by atoms with Crippen LogP contribution >= 0.6 is 11.8 Å². The summed E-state index contributed by atoms with van der Waals surface area (Å²) in [4.78, 5) is 13.1. The Hall–Kier alpha value is -2.21. The van der Waals surface area contributed by atoms with Crippen LogP contribution in [0.1, 0.15) is 23.6 Å². The smallest absolute Gasteiger partial charge is 0.382 e. The number of alkyl halides is 3. The minimum atomic E-state index is -4.44. The van der Waals surface area contributed by atoms with Gasteiger partial charge in [-0.2, -0.15) is 13.2 Å². The molecule has 1 heterocycles. The molecule has 1 aliphatic heterocycles. The highest BCUT2D eigenvalue weighted by atomic mass is 32.2. The zero-order valence-electron chi connectivity index (χ0n) is 15.0. The van der Waals surface area contributed by atoms with Crippen molar-refractivity contribution in [2.24, 2.45) is 5.92 Å². The fourth-order valence-electron chi connectivity index (χ4n) is 3.27. The number of carbonyl (C=O) groups excluding carboxylic acids is 1. The lowest BCUT2D eigenvalue weighted by molar-refractivity contribution is -0.137. The third-order valence-electron chi connectivity index (χ3n) is 4.60. The third kappa shape index (κ3) is 4.21. The third-order valence-corrected chi connectivity index (χ3v) is 6.18. The molecule has 2 atom stereocenters. The van der Waals surface area contributed by atoms with Gasteiger partial charge >= 0.3 is 6.18 Å². The van der Waals surface area contributed by atoms with Crippen LogP contribution in [0.5, 0.6) is 0 Å². The molecule has 0 amide bonds. The topological polar surface area (TPSA) is 29.1 Å². The van der Waals surface area contributed by atoms with Crippen molar-refractivity contribution < 1.29 is 18.0 Å². The van der Waals surface area contributed by atoms with Gasteiger partial charge in [0.25, 0.3) is 0 Å². The summed E-state index contributed by atoms with van der Waals surface area (Å²) in [6, 6.07) is 14.9. The van der Waals surface area contributed by atoms with Crippen molar-refractivity contribution in [1.29, 1.82) is 0 Å². The molecule has 3 rings (SSSR count). The molecule has 0 spiro atoms. The molecule has 2 aromatic carbocycles. The maximum absolute atomic E-state index is 13.1. The van der Waals surface area contributed by atoms with Gasteiger partial charge in [0.15, 0.2) is 5.78 Å². The van der Waals surface area contributed by atoms with Gasteiger partial charge in [-0.15, -0.1) is 0 Å². The molecule has 0 radical (unpaired) electrons. The number of Topliss-reactive ketones (excluding diaryl/α,β-unsaturated/α-hetero) is 1. The van der Waals surface area contributed by atoms with Crippen LogP contribution in [0.4, 0.5) is 13.2 Å². The number of carbonyl (C=O) groups is 1. The van der Waals surface area contributed by atoms with Crippen LogP contribution in [-0.4, -0.2) is 18.1 Å².